The average Bonchev–Trinajstić information content (AvgIpc) is 2.14. The zero-order valence-corrected chi connectivity index (χ0v) is 10.1. The van der Waals surface area contributed by atoms with Gasteiger partial charge in [-0.1, -0.05) is 6.92 Å². The number of hydrogen-bond acceptors (Lipinski definition) is 2. The average molecular weight is 198 g/mol. The molecule has 82 valence electrons. The first-order valence-electron chi connectivity index (χ1n) is 5.31. The molecule has 3 nitrogen and oxygen atoms in total. The third-order valence-corrected chi connectivity index (χ3v) is 3.78. The molecule has 0 aromatic rings. The maximum atomic E-state index is 11.9. The molecule has 1 N–H and O–H groups in total. The van der Waals surface area contributed by atoms with Crippen molar-refractivity contribution in [3.63, 3.8) is 0 Å². The molecule has 0 bridgehead atoms. The van der Waals surface area contributed by atoms with Crippen molar-refractivity contribution in [2.24, 2.45) is 5.92 Å². The van der Waals surface area contributed by atoms with Crippen molar-refractivity contribution in [3.8, 4) is 0 Å². The maximum Gasteiger partial charge on any atom is 0.239 e. The van der Waals surface area contributed by atoms with Gasteiger partial charge in [0.15, 0.2) is 0 Å². The zero-order chi connectivity index (χ0) is 11.1. The topological polar surface area (TPSA) is 32.3 Å². The molecule has 3 heteroatoms. The molecule has 0 aromatic heterocycles. The van der Waals surface area contributed by atoms with Crippen LogP contribution in [0, 0.1) is 5.92 Å². The van der Waals surface area contributed by atoms with Crippen LogP contribution in [0.4, 0.5) is 0 Å². The molecular formula is C11H22N2O. The minimum absolute atomic E-state index is 0.0131. The van der Waals surface area contributed by atoms with Gasteiger partial charge >= 0.3 is 0 Å². The predicted molar refractivity (Wildman–Crippen MR) is 58.1 cm³/mol. The molecule has 14 heavy (non-hydrogen) atoms. The van der Waals surface area contributed by atoms with Gasteiger partial charge in [0.05, 0.1) is 6.04 Å². The Labute approximate surface area is 86.9 Å². The van der Waals surface area contributed by atoms with Crippen molar-refractivity contribution in [2.75, 3.05) is 7.05 Å². The van der Waals surface area contributed by atoms with Crippen molar-refractivity contribution >= 4 is 5.91 Å². The Kier molecular flexibility index (Phi) is 2.91. The van der Waals surface area contributed by atoms with Gasteiger partial charge in [-0.2, -0.15) is 0 Å². The van der Waals surface area contributed by atoms with Crippen molar-refractivity contribution in [1.29, 1.82) is 0 Å². The van der Waals surface area contributed by atoms with E-state index in [-0.39, 0.29) is 23.5 Å². The van der Waals surface area contributed by atoms with Crippen molar-refractivity contribution < 1.29 is 4.79 Å². The second-order valence-corrected chi connectivity index (χ2v) is 5.07. The van der Waals surface area contributed by atoms with E-state index in [9.17, 15) is 4.79 Å². The molecule has 1 amide bonds. The number of nitrogens with one attached hydrogen (secondary N) is 1. The lowest BCUT2D eigenvalue weighted by Crippen LogP contribution is -2.50. The highest BCUT2D eigenvalue weighted by Crippen LogP contribution is 2.26. The monoisotopic (exact) mass is 198 g/mol. The molecule has 0 spiro atoms. The lowest BCUT2D eigenvalue weighted by molar-refractivity contribution is -0.132. The Morgan fingerprint density at radius 2 is 1.79 bits per heavy atom. The third kappa shape index (κ3) is 1.78. The smallest absolute Gasteiger partial charge is 0.239 e. The van der Waals surface area contributed by atoms with Crippen LogP contribution < -0.4 is 5.32 Å². The zero-order valence-electron chi connectivity index (χ0n) is 10.1. The van der Waals surface area contributed by atoms with Gasteiger partial charge in [-0.05, 0) is 33.6 Å². The van der Waals surface area contributed by atoms with Crippen LogP contribution in [-0.4, -0.2) is 35.5 Å². The minimum Gasteiger partial charge on any atom is -0.341 e. The molecule has 1 rings (SSSR count). The number of likely N-dealkylation sites (N-methyl/N-ethyl adjacent to an activating group) is 1. The van der Waals surface area contributed by atoms with E-state index >= 15 is 0 Å². The Morgan fingerprint density at radius 3 is 2.29 bits per heavy atom. The summed E-state index contributed by atoms with van der Waals surface area (Å²) in [7, 11) is 1.89. The number of carbonyl (C=O) groups is 1. The SMILES string of the molecule is CC1NC(C)(C)C(C)C(C)N(C)C1=O. The Balaban J connectivity index is 3.00. The molecule has 3 atom stereocenters. The van der Waals surface area contributed by atoms with Gasteiger partial charge in [0.1, 0.15) is 0 Å². The third-order valence-electron chi connectivity index (χ3n) is 3.78. The first kappa shape index (κ1) is 11.5. The van der Waals surface area contributed by atoms with E-state index < -0.39 is 0 Å². The summed E-state index contributed by atoms with van der Waals surface area (Å²) in [5.74, 6) is 0.635. The molecule has 1 heterocycles. The summed E-state index contributed by atoms with van der Waals surface area (Å²) >= 11 is 0. The molecule has 0 saturated carbocycles. The van der Waals surface area contributed by atoms with Gasteiger partial charge in [0.25, 0.3) is 0 Å². The molecule has 1 aliphatic heterocycles. The van der Waals surface area contributed by atoms with E-state index in [1.165, 1.54) is 0 Å². The van der Waals surface area contributed by atoms with Crippen LogP contribution >= 0.6 is 0 Å². The van der Waals surface area contributed by atoms with E-state index in [4.69, 9.17) is 0 Å². The first-order chi connectivity index (χ1) is 6.27. The summed E-state index contributed by atoms with van der Waals surface area (Å²) in [6.45, 7) is 10.6. The summed E-state index contributed by atoms with van der Waals surface area (Å²) in [4.78, 5) is 13.7. The van der Waals surface area contributed by atoms with E-state index in [0.29, 0.717) is 5.92 Å². The summed E-state index contributed by atoms with van der Waals surface area (Å²) < 4.78 is 0. The second kappa shape index (κ2) is 3.54. The highest BCUT2D eigenvalue weighted by atomic mass is 16.2. The predicted octanol–water partition coefficient (Wildman–Crippen LogP) is 1.24. The lowest BCUT2D eigenvalue weighted by Gasteiger charge is -2.36. The number of nitrogens with zero attached hydrogens (tertiary/aromatic N) is 1. The second-order valence-electron chi connectivity index (χ2n) is 5.07. The fourth-order valence-electron chi connectivity index (χ4n) is 2.20. The molecule has 0 aromatic carbocycles. The summed E-state index contributed by atoms with van der Waals surface area (Å²) in [6.07, 6.45) is 0. The van der Waals surface area contributed by atoms with Crippen LogP contribution in [0.2, 0.25) is 0 Å². The first-order valence-corrected chi connectivity index (χ1v) is 5.31. The standard InChI is InChI=1S/C11H22N2O/c1-7-9(3)13(6)10(14)8(2)12-11(7,4)5/h7-9,12H,1-6H3. The van der Waals surface area contributed by atoms with Crippen LogP contribution in [0.1, 0.15) is 34.6 Å². The number of rotatable bonds is 0. The van der Waals surface area contributed by atoms with Crippen LogP contribution in [0.5, 0.6) is 0 Å². The lowest BCUT2D eigenvalue weighted by atomic mass is 9.84. The highest BCUT2D eigenvalue weighted by Gasteiger charge is 2.39. The normalized spacial score (nSPS) is 38.3. The quantitative estimate of drug-likeness (QED) is 0.635. The molecule has 1 aliphatic rings. The summed E-state index contributed by atoms with van der Waals surface area (Å²) in [5, 5.41) is 3.39. The minimum atomic E-state index is -0.0811. The van der Waals surface area contributed by atoms with Gasteiger partial charge < -0.3 is 10.2 Å². The Hall–Kier alpha value is -0.570. The van der Waals surface area contributed by atoms with Crippen molar-refractivity contribution in [3.05, 3.63) is 0 Å². The van der Waals surface area contributed by atoms with Gasteiger partial charge in [0.2, 0.25) is 5.91 Å². The molecular weight excluding hydrogens is 176 g/mol. The van der Waals surface area contributed by atoms with Crippen LogP contribution in [0.15, 0.2) is 0 Å². The van der Waals surface area contributed by atoms with Gasteiger partial charge in [0, 0.05) is 18.6 Å². The Morgan fingerprint density at radius 1 is 1.29 bits per heavy atom. The van der Waals surface area contributed by atoms with Gasteiger partial charge in [-0.15, -0.1) is 0 Å². The summed E-state index contributed by atoms with van der Waals surface area (Å²) in [6, 6.07) is 0.206. The van der Waals surface area contributed by atoms with E-state index in [2.05, 4.69) is 33.0 Å². The Bertz CT molecular complexity index is 237. The number of hydrogen-bond donors (Lipinski definition) is 1. The highest BCUT2D eigenvalue weighted by molar-refractivity contribution is 5.82. The molecule has 0 aliphatic carbocycles. The largest absolute Gasteiger partial charge is 0.341 e. The number of amides is 1. The molecule has 1 saturated heterocycles. The van der Waals surface area contributed by atoms with E-state index in [0.717, 1.165) is 0 Å². The van der Waals surface area contributed by atoms with Crippen LogP contribution in [-0.2, 0) is 4.79 Å². The molecule has 1 fully saturated rings. The van der Waals surface area contributed by atoms with E-state index in [1.54, 1.807) is 0 Å². The number of carbonyl (C=O) groups excluding carboxylic acids is 1. The summed E-state index contributed by atoms with van der Waals surface area (Å²) in [5.41, 5.74) is 0.0131. The van der Waals surface area contributed by atoms with E-state index in [1.807, 2.05) is 18.9 Å². The van der Waals surface area contributed by atoms with Crippen molar-refractivity contribution in [2.45, 2.75) is 52.2 Å². The molecule has 0 radical (unpaired) electrons. The van der Waals surface area contributed by atoms with Crippen LogP contribution in [0.3, 0.4) is 0 Å². The van der Waals surface area contributed by atoms with Crippen molar-refractivity contribution in [1.82, 2.24) is 10.2 Å². The fourth-order valence-corrected chi connectivity index (χ4v) is 2.20. The van der Waals surface area contributed by atoms with Gasteiger partial charge in [-0.25, -0.2) is 0 Å². The fraction of sp³-hybridized carbons (Fsp3) is 0.909. The molecule has 3 unspecified atom stereocenters. The maximum absolute atomic E-state index is 11.9. The van der Waals surface area contributed by atoms with Crippen LogP contribution in [0.25, 0.3) is 0 Å². The van der Waals surface area contributed by atoms with Gasteiger partial charge in [-0.3, -0.25) is 4.79 Å².